The molecule has 3 heterocycles. The molecule has 1 aromatic carbocycles. The van der Waals surface area contributed by atoms with E-state index >= 15 is 0 Å². The molecule has 31 heavy (non-hydrogen) atoms. The van der Waals surface area contributed by atoms with E-state index in [2.05, 4.69) is 38.0 Å². The molecule has 0 saturated carbocycles. The highest BCUT2D eigenvalue weighted by atomic mass is 16.5. The Labute approximate surface area is 181 Å². The van der Waals surface area contributed by atoms with Gasteiger partial charge in [-0.15, -0.1) is 0 Å². The number of rotatable bonds is 8. The quantitative estimate of drug-likeness (QED) is 0.602. The molecule has 7 nitrogen and oxygen atoms in total. The number of pyridine rings is 2. The van der Waals surface area contributed by atoms with Crippen molar-refractivity contribution in [1.29, 1.82) is 0 Å². The van der Waals surface area contributed by atoms with Crippen LogP contribution in [0.3, 0.4) is 0 Å². The maximum Gasteiger partial charge on any atom is 0.341 e. The molecule has 7 heteroatoms. The summed E-state index contributed by atoms with van der Waals surface area (Å²) >= 11 is 0. The topological polar surface area (TPSA) is 78.8 Å². The zero-order valence-corrected chi connectivity index (χ0v) is 17.4. The van der Waals surface area contributed by atoms with Gasteiger partial charge in [-0.2, -0.15) is 0 Å². The Bertz CT molecular complexity index is 1000. The summed E-state index contributed by atoms with van der Waals surface area (Å²) in [6.07, 6.45) is 3.39. The number of aromatic nitrogens is 2. The first kappa shape index (κ1) is 21.0. The van der Waals surface area contributed by atoms with Gasteiger partial charge in [-0.3, -0.25) is 14.8 Å². The molecule has 0 unspecified atom stereocenters. The van der Waals surface area contributed by atoms with Crippen LogP contribution in [-0.4, -0.2) is 70.2 Å². The lowest BCUT2D eigenvalue weighted by atomic mass is 10.1. The Kier molecular flexibility index (Phi) is 6.86. The molecular formula is C24H26N4O3. The molecule has 0 radical (unpaired) electrons. The van der Waals surface area contributed by atoms with E-state index in [0.717, 1.165) is 50.5 Å². The molecule has 0 aliphatic carbocycles. The number of hydrogen-bond acceptors (Lipinski definition) is 6. The predicted octanol–water partition coefficient (Wildman–Crippen LogP) is 3.04. The van der Waals surface area contributed by atoms with E-state index < -0.39 is 5.97 Å². The number of nitrogens with zero attached hydrogens (tertiary/aromatic N) is 4. The summed E-state index contributed by atoms with van der Waals surface area (Å²) < 4.78 is 5.63. The van der Waals surface area contributed by atoms with E-state index in [9.17, 15) is 9.90 Å². The molecule has 1 aliphatic heterocycles. The minimum atomic E-state index is -1.03. The molecule has 2 aromatic heterocycles. The van der Waals surface area contributed by atoms with Gasteiger partial charge in [0, 0.05) is 57.2 Å². The van der Waals surface area contributed by atoms with Crippen molar-refractivity contribution in [3.63, 3.8) is 0 Å². The van der Waals surface area contributed by atoms with Gasteiger partial charge in [0.2, 0.25) is 5.88 Å². The van der Waals surface area contributed by atoms with E-state index in [-0.39, 0.29) is 11.4 Å². The third kappa shape index (κ3) is 5.45. The normalized spacial score (nSPS) is 15.0. The molecule has 0 atom stereocenters. The number of carbonyl (C=O) groups is 1. The molecule has 4 rings (SSSR count). The van der Waals surface area contributed by atoms with Crippen LogP contribution in [0.1, 0.15) is 15.9 Å². The van der Waals surface area contributed by atoms with Gasteiger partial charge in [0.1, 0.15) is 12.2 Å². The fourth-order valence-corrected chi connectivity index (χ4v) is 3.77. The van der Waals surface area contributed by atoms with Gasteiger partial charge < -0.3 is 9.84 Å². The molecule has 0 spiro atoms. The number of carboxylic acid groups (broad SMARTS) is 1. The molecule has 3 aromatic rings. The van der Waals surface area contributed by atoms with Crippen LogP contribution in [0, 0.1) is 0 Å². The van der Waals surface area contributed by atoms with Gasteiger partial charge in [-0.1, -0.05) is 36.4 Å². The van der Waals surface area contributed by atoms with Gasteiger partial charge in [0.15, 0.2) is 0 Å². The smallest absolute Gasteiger partial charge is 0.341 e. The second-order valence-corrected chi connectivity index (χ2v) is 7.50. The summed E-state index contributed by atoms with van der Waals surface area (Å²) in [4.78, 5) is 24.7. The summed E-state index contributed by atoms with van der Waals surface area (Å²) in [6.45, 7) is 5.85. The standard InChI is InChI=1S/C24H26N4O3/c29-24(30)21-9-5-11-26-23(21)31-17-16-27-12-14-28(15-13-27)18-20-8-4-10-25-22(20)19-6-2-1-3-7-19/h1-11H,12-18H2,(H,29,30). The predicted molar refractivity (Wildman–Crippen MR) is 118 cm³/mol. The van der Waals surface area contributed by atoms with Crippen LogP contribution in [-0.2, 0) is 6.54 Å². The monoisotopic (exact) mass is 418 g/mol. The lowest BCUT2D eigenvalue weighted by Gasteiger charge is -2.34. The highest BCUT2D eigenvalue weighted by Gasteiger charge is 2.19. The molecule has 1 N–H and O–H groups in total. The van der Waals surface area contributed by atoms with E-state index in [0.29, 0.717) is 6.61 Å². The first-order valence-corrected chi connectivity index (χ1v) is 10.5. The van der Waals surface area contributed by atoms with Crippen molar-refractivity contribution in [3.05, 3.63) is 78.1 Å². The number of piperazine rings is 1. The van der Waals surface area contributed by atoms with Crippen molar-refractivity contribution in [2.45, 2.75) is 6.54 Å². The van der Waals surface area contributed by atoms with Gasteiger partial charge in [0.25, 0.3) is 0 Å². The second-order valence-electron chi connectivity index (χ2n) is 7.50. The van der Waals surface area contributed by atoms with Crippen LogP contribution in [0.2, 0.25) is 0 Å². The van der Waals surface area contributed by atoms with E-state index in [1.807, 2.05) is 30.5 Å². The maximum absolute atomic E-state index is 11.2. The summed E-state index contributed by atoms with van der Waals surface area (Å²) in [7, 11) is 0. The van der Waals surface area contributed by atoms with Crippen LogP contribution >= 0.6 is 0 Å². The third-order valence-electron chi connectivity index (χ3n) is 5.45. The van der Waals surface area contributed by atoms with E-state index in [1.165, 1.54) is 11.6 Å². The van der Waals surface area contributed by atoms with E-state index in [4.69, 9.17) is 4.74 Å². The lowest BCUT2D eigenvalue weighted by molar-refractivity contribution is 0.0689. The van der Waals surface area contributed by atoms with Crippen molar-refractivity contribution in [2.24, 2.45) is 0 Å². The zero-order chi connectivity index (χ0) is 21.5. The maximum atomic E-state index is 11.2. The Morgan fingerprint density at radius 1 is 0.903 bits per heavy atom. The lowest BCUT2D eigenvalue weighted by Crippen LogP contribution is -2.47. The zero-order valence-electron chi connectivity index (χ0n) is 17.4. The Hall–Kier alpha value is -3.29. The first-order valence-electron chi connectivity index (χ1n) is 10.5. The van der Waals surface area contributed by atoms with Crippen LogP contribution < -0.4 is 4.74 Å². The van der Waals surface area contributed by atoms with Gasteiger partial charge >= 0.3 is 5.97 Å². The summed E-state index contributed by atoms with van der Waals surface area (Å²) in [5.41, 5.74) is 3.52. The number of benzene rings is 1. The summed E-state index contributed by atoms with van der Waals surface area (Å²) in [5, 5.41) is 9.22. The number of carboxylic acids is 1. The summed E-state index contributed by atoms with van der Waals surface area (Å²) in [5.74, 6) is -0.847. The Morgan fingerprint density at radius 2 is 1.61 bits per heavy atom. The van der Waals surface area contributed by atoms with Crippen molar-refractivity contribution >= 4 is 5.97 Å². The first-order chi connectivity index (χ1) is 15.2. The second kappa shape index (κ2) is 10.1. The summed E-state index contributed by atoms with van der Waals surface area (Å²) in [6, 6.07) is 17.6. The average molecular weight is 418 g/mol. The van der Waals surface area contributed by atoms with E-state index in [1.54, 1.807) is 12.3 Å². The van der Waals surface area contributed by atoms with Gasteiger partial charge in [-0.05, 0) is 23.8 Å². The van der Waals surface area contributed by atoms with Crippen LogP contribution in [0.15, 0.2) is 67.0 Å². The number of hydrogen-bond donors (Lipinski definition) is 1. The number of ether oxygens (including phenoxy) is 1. The van der Waals surface area contributed by atoms with Crippen LogP contribution in [0.5, 0.6) is 5.88 Å². The van der Waals surface area contributed by atoms with Crippen LogP contribution in [0.4, 0.5) is 0 Å². The Balaban J connectivity index is 1.27. The fraction of sp³-hybridized carbons (Fsp3) is 0.292. The molecular weight excluding hydrogens is 392 g/mol. The molecule has 0 bridgehead atoms. The van der Waals surface area contributed by atoms with Crippen molar-refractivity contribution in [3.8, 4) is 17.1 Å². The molecule has 1 aliphatic rings. The highest BCUT2D eigenvalue weighted by molar-refractivity contribution is 5.90. The minimum Gasteiger partial charge on any atom is -0.477 e. The fourth-order valence-electron chi connectivity index (χ4n) is 3.77. The number of aromatic carboxylic acids is 1. The van der Waals surface area contributed by atoms with Gasteiger partial charge in [-0.25, -0.2) is 9.78 Å². The average Bonchev–Trinajstić information content (AvgIpc) is 2.81. The highest BCUT2D eigenvalue weighted by Crippen LogP contribution is 2.22. The minimum absolute atomic E-state index is 0.0954. The molecule has 1 saturated heterocycles. The largest absolute Gasteiger partial charge is 0.477 e. The molecule has 160 valence electrons. The third-order valence-corrected chi connectivity index (χ3v) is 5.45. The van der Waals surface area contributed by atoms with Gasteiger partial charge in [0.05, 0.1) is 5.69 Å². The molecule has 0 amide bonds. The Morgan fingerprint density at radius 3 is 2.39 bits per heavy atom. The van der Waals surface area contributed by atoms with Crippen molar-refractivity contribution in [1.82, 2.24) is 19.8 Å². The SMILES string of the molecule is O=C(O)c1cccnc1OCCN1CCN(Cc2cccnc2-c2ccccc2)CC1. The van der Waals surface area contributed by atoms with Crippen molar-refractivity contribution < 1.29 is 14.6 Å². The van der Waals surface area contributed by atoms with Crippen molar-refractivity contribution in [2.75, 3.05) is 39.3 Å². The van der Waals surface area contributed by atoms with Crippen LogP contribution in [0.25, 0.3) is 11.3 Å². The molecule has 1 fully saturated rings.